The molecule has 7 heteroatoms. The van der Waals surface area contributed by atoms with Crippen molar-refractivity contribution in [1.29, 1.82) is 0 Å². The van der Waals surface area contributed by atoms with E-state index in [-0.39, 0.29) is 0 Å². The molecule has 1 saturated heterocycles. The summed E-state index contributed by atoms with van der Waals surface area (Å²) in [6.07, 6.45) is 0. The van der Waals surface area contributed by atoms with E-state index in [1.165, 1.54) is 0 Å². The van der Waals surface area contributed by atoms with Crippen LogP contribution >= 0.6 is 0 Å². The van der Waals surface area contributed by atoms with Gasteiger partial charge >= 0.3 is 0 Å². The molecular weight excluding hydrogens is 283 g/mol. The van der Waals surface area contributed by atoms with Crippen LogP contribution in [0.3, 0.4) is 0 Å². The number of hydrogen-bond acceptors (Lipinski definition) is 3. The lowest BCUT2D eigenvalue weighted by Crippen LogP contribution is -2.58. The second-order valence-electron chi connectivity index (χ2n) is 5.49. The van der Waals surface area contributed by atoms with E-state index in [0.717, 1.165) is 13.1 Å². The first kappa shape index (κ1) is 15.8. The van der Waals surface area contributed by atoms with Gasteiger partial charge in [0.25, 0.3) is 0 Å². The van der Waals surface area contributed by atoms with Crippen LogP contribution in [0.1, 0.15) is 13.8 Å². The number of nitrogens with one attached hydrogen (secondary N) is 2. The lowest BCUT2D eigenvalue weighted by atomic mass is 10.00. The van der Waals surface area contributed by atoms with Gasteiger partial charge in [0.2, 0.25) is 5.91 Å². The molecule has 1 fully saturated rings. The van der Waals surface area contributed by atoms with Gasteiger partial charge in [-0.2, -0.15) is 0 Å². The van der Waals surface area contributed by atoms with Gasteiger partial charge in [-0.05, 0) is 13.8 Å². The summed E-state index contributed by atoms with van der Waals surface area (Å²) in [4.78, 5) is 14.3. The Hall–Kier alpha value is -1.60. The van der Waals surface area contributed by atoms with Gasteiger partial charge in [-0.25, -0.2) is 13.2 Å². The maximum absolute atomic E-state index is 13.6. The molecule has 0 unspecified atom stereocenters. The number of halogens is 3. The highest BCUT2D eigenvalue weighted by Gasteiger charge is 2.36. The first-order valence-electron chi connectivity index (χ1n) is 6.74. The molecule has 0 aromatic heterocycles. The highest BCUT2D eigenvalue weighted by atomic mass is 19.1. The van der Waals surface area contributed by atoms with Crippen LogP contribution in [0, 0.1) is 17.5 Å². The van der Waals surface area contributed by atoms with Crippen molar-refractivity contribution in [2.75, 3.05) is 31.5 Å². The summed E-state index contributed by atoms with van der Waals surface area (Å²) in [6.45, 7) is 6.19. The van der Waals surface area contributed by atoms with Crippen molar-refractivity contribution in [3.63, 3.8) is 0 Å². The summed E-state index contributed by atoms with van der Waals surface area (Å²) >= 11 is 0. The van der Waals surface area contributed by atoms with Crippen molar-refractivity contribution in [2.24, 2.45) is 0 Å². The van der Waals surface area contributed by atoms with Gasteiger partial charge in [-0.3, -0.25) is 9.69 Å². The number of anilines is 1. The molecule has 1 aromatic rings. The van der Waals surface area contributed by atoms with Gasteiger partial charge in [0.15, 0.2) is 11.6 Å². The van der Waals surface area contributed by atoms with Gasteiger partial charge in [0.1, 0.15) is 11.5 Å². The minimum absolute atomic E-state index is 0.534. The van der Waals surface area contributed by atoms with Crippen molar-refractivity contribution >= 4 is 11.6 Å². The lowest BCUT2D eigenvalue weighted by molar-refractivity contribution is -0.126. The van der Waals surface area contributed by atoms with Crippen LogP contribution in [0.5, 0.6) is 0 Å². The molecule has 0 aliphatic carbocycles. The molecule has 1 aliphatic rings. The van der Waals surface area contributed by atoms with Gasteiger partial charge in [0.05, 0.1) is 5.54 Å². The number of benzene rings is 1. The minimum Gasteiger partial charge on any atom is -0.320 e. The number of carbonyl (C=O) groups excluding carboxylic acids is 1. The fraction of sp³-hybridized carbons (Fsp3) is 0.500. The maximum Gasteiger partial charge on any atom is 0.244 e. The maximum atomic E-state index is 13.6. The Morgan fingerprint density at radius 3 is 2.24 bits per heavy atom. The molecule has 0 spiro atoms. The SMILES string of the molecule is CC(C)(C(=O)Nc1c(F)cc(F)cc1F)N1CCNCC1. The average Bonchev–Trinajstić information content (AvgIpc) is 2.43. The van der Waals surface area contributed by atoms with E-state index in [0.29, 0.717) is 25.2 Å². The fourth-order valence-corrected chi connectivity index (χ4v) is 2.30. The molecule has 1 amide bonds. The van der Waals surface area contributed by atoms with Crippen LogP contribution in [0.25, 0.3) is 0 Å². The van der Waals surface area contributed by atoms with E-state index in [1.807, 2.05) is 4.90 Å². The fourth-order valence-electron chi connectivity index (χ4n) is 2.30. The molecule has 2 N–H and O–H groups in total. The third-order valence-corrected chi connectivity index (χ3v) is 3.71. The molecular formula is C14H18F3N3O. The molecule has 0 saturated carbocycles. The molecule has 0 radical (unpaired) electrons. The lowest BCUT2D eigenvalue weighted by Gasteiger charge is -2.39. The van der Waals surface area contributed by atoms with E-state index in [2.05, 4.69) is 10.6 Å². The first-order chi connectivity index (χ1) is 9.82. The minimum atomic E-state index is -1.13. The summed E-state index contributed by atoms with van der Waals surface area (Å²) in [7, 11) is 0. The van der Waals surface area contributed by atoms with Crippen LogP contribution < -0.4 is 10.6 Å². The third-order valence-electron chi connectivity index (χ3n) is 3.71. The number of amides is 1. The predicted molar refractivity (Wildman–Crippen MR) is 73.5 cm³/mol. The van der Waals surface area contributed by atoms with Crippen molar-refractivity contribution in [3.05, 3.63) is 29.6 Å². The molecule has 21 heavy (non-hydrogen) atoms. The van der Waals surface area contributed by atoms with E-state index >= 15 is 0 Å². The quantitative estimate of drug-likeness (QED) is 0.893. The molecule has 4 nitrogen and oxygen atoms in total. The van der Waals surface area contributed by atoms with Crippen LogP contribution in [-0.2, 0) is 4.79 Å². The van der Waals surface area contributed by atoms with Gasteiger partial charge < -0.3 is 10.6 Å². The predicted octanol–water partition coefficient (Wildman–Crippen LogP) is 1.73. The van der Waals surface area contributed by atoms with Crippen molar-refractivity contribution in [1.82, 2.24) is 10.2 Å². The summed E-state index contributed by atoms with van der Waals surface area (Å²) in [6, 6.07) is 1.08. The summed E-state index contributed by atoms with van der Waals surface area (Å²) in [5.41, 5.74) is -1.54. The summed E-state index contributed by atoms with van der Waals surface area (Å²) in [5.74, 6) is -3.81. The van der Waals surface area contributed by atoms with Gasteiger partial charge in [-0.1, -0.05) is 0 Å². The molecule has 1 heterocycles. The van der Waals surface area contributed by atoms with Gasteiger partial charge in [-0.15, -0.1) is 0 Å². The second-order valence-corrected chi connectivity index (χ2v) is 5.49. The van der Waals surface area contributed by atoms with Crippen molar-refractivity contribution in [3.8, 4) is 0 Å². The highest BCUT2D eigenvalue weighted by molar-refractivity contribution is 5.97. The van der Waals surface area contributed by atoms with Crippen LogP contribution in [-0.4, -0.2) is 42.5 Å². The van der Waals surface area contributed by atoms with Crippen molar-refractivity contribution in [2.45, 2.75) is 19.4 Å². The molecule has 1 aromatic carbocycles. The van der Waals surface area contributed by atoms with E-state index in [4.69, 9.17) is 0 Å². The number of piperazine rings is 1. The molecule has 1 aliphatic heterocycles. The second kappa shape index (κ2) is 6.03. The number of carbonyl (C=O) groups is 1. The number of hydrogen-bond donors (Lipinski definition) is 2. The Kier molecular flexibility index (Phi) is 4.53. The number of nitrogens with zero attached hydrogens (tertiary/aromatic N) is 1. The summed E-state index contributed by atoms with van der Waals surface area (Å²) in [5, 5.41) is 5.39. The van der Waals surface area contributed by atoms with E-state index in [9.17, 15) is 18.0 Å². The Bertz CT molecular complexity index is 519. The van der Waals surface area contributed by atoms with Crippen molar-refractivity contribution < 1.29 is 18.0 Å². The molecule has 116 valence electrons. The summed E-state index contributed by atoms with van der Waals surface area (Å²) < 4.78 is 40.0. The van der Waals surface area contributed by atoms with Gasteiger partial charge in [0, 0.05) is 38.3 Å². The monoisotopic (exact) mass is 301 g/mol. The zero-order chi connectivity index (χ0) is 15.6. The van der Waals surface area contributed by atoms with E-state index in [1.54, 1.807) is 13.8 Å². The first-order valence-corrected chi connectivity index (χ1v) is 6.74. The van der Waals surface area contributed by atoms with Crippen LogP contribution in [0.4, 0.5) is 18.9 Å². The zero-order valence-electron chi connectivity index (χ0n) is 12.0. The Balaban J connectivity index is 2.17. The zero-order valence-corrected chi connectivity index (χ0v) is 12.0. The topological polar surface area (TPSA) is 44.4 Å². The Morgan fingerprint density at radius 2 is 1.71 bits per heavy atom. The standard InChI is InChI=1S/C14H18F3N3O/c1-14(2,20-5-3-18-4-6-20)13(21)19-12-10(16)7-9(15)8-11(12)17/h7-8,18H,3-6H2,1-2H3,(H,19,21). The van der Waals surface area contributed by atoms with Crippen LogP contribution in [0.15, 0.2) is 12.1 Å². The normalized spacial score (nSPS) is 16.8. The smallest absolute Gasteiger partial charge is 0.244 e. The number of rotatable bonds is 3. The Labute approximate surface area is 121 Å². The van der Waals surface area contributed by atoms with E-state index < -0.39 is 34.6 Å². The highest BCUT2D eigenvalue weighted by Crippen LogP contribution is 2.23. The Morgan fingerprint density at radius 1 is 1.19 bits per heavy atom. The molecule has 2 rings (SSSR count). The van der Waals surface area contributed by atoms with Crippen LogP contribution in [0.2, 0.25) is 0 Å². The third kappa shape index (κ3) is 3.36. The molecule has 0 atom stereocenters. The largest absolute Gasteiger partial charge is 0.320 e. The molecule has 0 bridgehead atoms. The average molecular weight is 301 g/mol.